The van der Waals surface area contributed by atoms with Crippen LogP contribution in [0.3, 0.4) is 0 Å². The second-order valence-electron chi connectivity index (χ2n) is 4.90. The highest BCUT2D eigenvalue weighted by molar-refractivity contribution is 5.06. The molecule has 0 radical (unpaired) electrons. The minimum absolute atomic E-state index is 1.20. The molecule has 92 valence electrons. The molecule has 16 heavy (non-hydrogen) atoms. The van der Waals surface area contributed by atoms with Crippen molar-refractivity contribution in [2.45, 2.75) is 71.8 Å². The Morgan fingerprint density at radius 3 is 2.12 bits per heavy atom. The van der Waals surface area contributed by atoms with Crippen LogP contribution in [-0.4, -0.2) is 4.57 Å². The maximum absolute atomic E-state index is 2.31. The van der Waals surface area contributed by atoms with E-state index in [1.807, 2.05) is 0 Å². The van der Waals surface area contributed by atoms with Crippen molar-refractivity contribution < 1.29 is 0 Å². The van der Waals surface area contributed by atoms with Gasteiger partial charge in [0.2, 0.25) is 0 Å². The summed E-state index contributed by atoms with van der Waals surface area (Å²) in [5, 5.41) is 0. The summed E-state index contributed by atoms with van der Waals surface area (Å²) in [6, 6.07) is 2.19. The maximum atomic E-state index is 2.31. The third-order valence-corrected chi connectivity index (χ3v) is 3.17. The minimum Gasteiger partial charge on any atom is -0.354 e. The molecule has 0 aliphatic heterocycles. The number of rotatable bonds is 9. The molecular weight excluding hydrogens is 194 g/mol. The van der Waals surface area contributed by atoms with Gasteiger partial charge in [-0.2, -0.15) is 0 Å². The smallest absolute Gasteiger partial charge is 0.0219 e. The quantitative estimate of drug-likeness (QED) is 0.521. The van der Waals surface area contributed by atoms with Crippen LogP contribution in [-0.2, 0) is 6.54 Å². The zero-order valence-electron chi connectivity index (χ0n) is 11.0. The zero-order valence-corrected chi connectivity index (χ0v) is 11.0. The summed E-state index contributed by atoms with van der Waals surface area (Å²) < 4.78 is 2.31. The van der Waals surface area contributed by atoms with Crippen molar-refractivity contribution in [3.63, 3.8) is 0 Å². The molecule has 0 aromatic carbocycles. The zero-order chi connectivity index (χ0) is 11.6. The van der Waals surface area contributed by atoms with Gasteiger partial charge in [0.15, 0.2) is 0 Å². The molecule has 0 spiro atoms. The van der Waals surface area contributed by atoms with Crippen molar-refractivity contribution in [1.29, 1.82) is 0 Å². The third kappa shape index (κ3) is 5.99. The fourth-order valence-corrected chi connectivity index (χ4v) is 2.13. The van der Waals surface area contributed by atoms with Crippen LogP contribution in [0.15, 0.2) is 18.5 Å². The van der Waals surface area contributed by atoms with Crippen LogP contribution < -0.4 is 0 Å². The van der Waals surface area contributed by atoms with E-state index in [0.29, 0.717) is 0 Å². The molecule has 0 unspecified atom stereocenters. The number of aromatic nitrogens is 1. The van der Waals surface area contributed by atoms with E-state index >= 15 is 0 Å². The molecule has 1 aromatic heterocycles. The van der Waals surface area contributed by atoms with Crippen LogP contribution in [0.5, 0.6) is 0 Å². The Morgan fingerprint density at radius 2 is 1.56 bits per heavy atom. The van der Waals surface area contributed by atoms with Crippen molar-refractivity contribution in [3.05, 3.63) is 24.0 Å². The van der Waals surface area contributed by atoms with Gasteiger partial charge in [-0.25, -0.2) is 0 Å². The first kappa shape index (κ1) is 13.3. The van der Waals surface area contributed by atoms with Crippen molar-refractivity contribution >= 4 is 0 Å². The van der Waals surface area contributed by atoms with E-state index in [9.17, 15) is 0 Å². The molecule has 0 aliphatic carbocycles. The molecule has 1 rings (SSSR count). The van der Waals surface area contributed by atoms with E-state index in [2.05, 4.69) is 36.9 Å². The van der Waals surface area contributed by atoms with Crippen molar-refractivity contribution in [3.8, 4) is 0 Å². The van der Waals surface area contributed by atoms with E-state index in [4.69, 9.17) is 0 Å². The fraction of sp³-hybridized carbons (Fsp3) is 0.733. The molecule has 1 heteroatoms. The van der Waals surface area contributed by atoms with Crippen LogP contribution in [0.25, 0.3) is 0 Å². The monoisotopic (exact) mass is 221 g/mol. The molecule has 0 fully saturated rings. The van der Waals surface area contributed by atoms with Crippen LogP contribution >= 0.6 is 0 Å². The standard InChI is InChI=1S/C15H27N/c1-3-4-5-6-7-8-9-10-12-16-13-11-15(2)14-16/h11,13-14H,3-10,12H2,1-2H3. The number of nitrogens with zero attached hydrogens (tertiary/aromatic N) is 1. The molecule has 0 atom stereocenters. The van der Waals surface area contributed by atoms with E-state index in [-0.39, 0.29) is 0 Å². The van der Waals surface area contributed by atoms with Crippen LogP contribution in [0.4, 0.5) is 0 Å². The summed E-state index contributed by atoms with van der Waals surface area (Å²) in [4.78, 5) is 0. The van der Waals surface area contributed by atoms with Gasteiger partial charge in [-0.15, -0.1) is 0 Å². The highest BCUT2D eigenvalue weighted by Gasteiger charge is 1.93. The van der Waals surface area contributed by atoms with E-state index in [0.717, 1.165) is 0 Å². The average Bonchev–Trinajstić information content (AvgIpc) is 2.68. The fourth-order valence-electron chi connectivity index (χ4n) is 2.13. The summed E-state index contributed by atoms with van der Waals surface area (Å²) in [6.45, 7) is 5.63. The lowest BCUT2D eigenvalue weighted by molar-refractivity contribution is 0.544. The van der Waals surface area contributed by atoms with Gasteiger partial charge < -0.3 is 4.57 Å². The average molecular weight is 221 g/mol. The molecule has 0 amide bonds. The van der Waals surface area contributed by atoms with Gasteiger partial charge in [0.05, 0.1) is 0 Å². The van der Waals surface area contributed by atoms with Gasteiger partial charge in [-0.3, -0.25) is 0 Å². The van der Waals surface area contributed by atoms with E-state index < -0.39 is 0 Å². The van der Waals surface area contributed by atoms with Crippen molar-refractivity contribution in [1.82, 2.24) is 4.57 Å². The molecule has 0 N–H and O–H groups in total. The first-order valence-electron chi connectivity index (χ1n) is 6.95. The lowest BCUT2D eigenvalue weighted by atomic mass is 10.1. The molecule has 0 saturated carbocycles. The van der Waals surface area contributed by atoms with Crippen molar-refractivity contribution in [2.75, 3.05) is 0 Å². The summed E-state index contributed by atoms with van der Waals surface area (Å²) in [5.41, 5.74) is 1.37. The lowest BCUT2D eigenvalue weighted by Gasteiger charge is -2.03. The number of hydrogen-bond acceptors (Lipinski definition) is 0. The summed E-state index contributed by atoms with van der Waals surface area (Å²) in [6.07, 6.45) is 15.7. The van der Waals surface area contributed by atoms with Crippen LogP contribution in [0, 0.1) is 6.92 Å². The molecule has 0 bridgehead atoms. The summed E-state index contributed by atoms with van der Waals surface area (Å²) >= 11 is 0. The van der Waals surface area contributed by atoms with Crippen molar-refractivity contribution in [2.24, 2.45) is 0 Å². The van der Waals surface area contributed by atoms with Crippen LogP contribution in [0.2, 0.25) is 0 Å². The second-order valence-corrected chi connectivity index (χ2v) is 4.90. The van der Waals surface area contributed by atoms with Gasteiger partial charge in [0.1, 0.15) is 0 Å². The van der Waals surface area contributed by atoms with Gasteiger partial charge in [0, 0.05) is 18.9 Å². The molecule has 1 nitrogen and oxygen atoms in total. The first-order chi connectivity index (χ1) is 7.83. The van der Waals surface area contributed by atoms with Gasteiger partial charge >= 0.3 is 0 Å². The molecule has 0 saturated heterocycles. The van der Waals surface area contributed by atoms with Gasteiger partial charge in [-0.1, -0.05) is 51.9 Å². The molecule has 0 aliphatic rings. The Hall–Kier alpha value is -0.720. The van der Waals surface area contributed by atoms with E-state index in [1.54, 1.807) is 0 Å². The Balaban J connectivity index is 1.88. The van der Waals surface area contributed by atoms with Gasteiger partial charge in [-0.05, 0) is 25.0 Å². The molecule has 1 heterocycles. The van der Waals surface area contributed by atoms with Gasteiger partial charge in [0.25, 0.3) is 0 Å². The Morgan fingerprint density at radius 1 is 0.938 bits per heavy atom. The maximum Gasteiger partial charge on any atom is 0.0219 e. The lowest BCUT2D eigenvalue weighted by Crippen LogP contribution is -1.93. The minimum atomic E-state index is 1.20. The molecule has 1 aromatic rings. The normalized spacial score (nSPS) is 10.9. The summed E-state index contributed by atoms with van der Waals surface area (Å²) in [7, 11) is 0. The largest absolute Gasteiger partial charge is 0.354 e. The SMILES string of the molecule is CCCCCCCCCCn1ccc(C)c1. The predicted octanol–water partition coefficient (Wildman–Crippen LogP) is 4.94. The first-order valence-corrected chi connectivity index (χ1v) is 6.95. The number of unbranched alkanes of at least 4 members (excludes halogenated alkanes) is 7. The Kier molecular flexibility index (Phi) is 7.03. The van der Waals surface area contributed by atoms with Crippen LogP contribution in [0.1, 0.15) is 63.9 Å². The third-order valence-electron chi connectivity index (χ3n) is 3.17. The molecular formula is C15H27N. The predicted molar refractivity (Wildman–Crippen MR) is 71.8 cm³/mol. The van der Waals surface area contributed by atoms with E-state index in [1.165, 1.54) is 63.5 Å². The second kappa shape index (κ2) is 8.43. The number of hydrogen-bond donors (Lipinski definition) is 0. The highest BCUT2D eigenvalue weighted by atomic mass is 14.9. The summed E-state index contributed by atoms with van der Waals surface area (Å²) in [5.74, 6) is 0. The topological polar surface area (TPSA) is 4.93 Å². The highest BCUT2D eigenvalue weighted by Crippen LogP contribution is 2.09. The number of aryl methyl sites for hydroxylation is 2. The Bertz CT molecular complexity index is 262. The Labute approximate surface area is 101 Å².